The molecule has 0 aliphatic heterocycles. The summed E-state index contributed by atoms with van der Waals surface area (Å²) < 4.78 is 6.18. The van der Waals surface area contributed by atoms with E-state index in [1.165, 1.54) is 18.4 Å². The number of nitrogens with one attached hydrogen (secondary N) is 1. The van der Waals surface area contributed by atoms with Crippen molar-refractivity contribution < 1.29 is 4.74 Å². The molecule has 0 atom stereocenters. The predicted octanol–water partition coefficient (Wildman–Crippen LogP) is 4.18. The van der Waals surface area contributed by atoms with Crippen LogP contribution in [0.5, 0.6) is 5.75 Å². The molecule has 1 heterocycles. The number of nitrogens with zero attached hydrogens (tertiary/aromatic N) is 2. The molecule has 0 saturated heterocycles. The molecular weight excluding hydrogens is 318 g/mol. The van der Waals surface area contributed by atoms with Gasteiger partial charge in [0.25, 0.3) is 0 Å². The van der Waals surface area contributed by atoms with Crippen LogP contribution in [0.3, 0.4) is 0 Å². The van der Waals surface area contributed by atoms with Crippen LogP contribution in [0.2, 0.25) is 0 Å². The van der Waals surface area contributed by atoms with Gasteiger partial charge in [0.15, 0.2) is 0 Å². The summed E-state index contributed by atoms with van der Waals surface area (Å²) >= 11 is 3.45. The second kappa shape index (κ2) is 5.40. The average molecular weight is 334 g/mol. The number of hydrogen-bond acceptors (Lipinski definition) is 4. The SMILES string of the molecule is COc1ccc(C)cc1Nc1cc(Br)nc(C2CC2)n1. The van der Waals surface area contributed by atoms with Gasteiger partial charge in [-0.2, -0.15) is 0 Å². The Morgan fingerprint density at radius 2 is 2.05 bits per heavy atom. The first kappa shape index (κ1) is 13.4. The highest BCUT2D eigenvalue weighted by Crippen LogP contribution is 2.39. The highest BCUT2D eigenvalue weighted by molar-refractivity contribution is 9.10. The van der Waals surface area contributed by atoms with E-state index in [0.29, 0.717) is 5.92 Å². The third kappa shape index (κ3) is 2.93. The van der Waals surface area contributed by atoms with Crippen molar-refractivity contribution >= 4 is 27.4 Å². The molecule has 0 bridgehead atoms. The molecule has 5 heteroatoms. The molecule has 0 radical (unpaired) electrons. The zero-order valence-electron chi connectivity index (χ0n) is 11.5. The van der Waals surface area contributed by atoms with Gasteiger partial charge in [-0.25, -0.2) is 9.97 Å². The van der Waals surface area contributed by atoms with E-state index in [9.17, 15) is 0 Å². The van der Waals surface area contributed by atoms with E-state index in [0.717, 1.165) is 27.7 Å². The second-order valence-electron chi connectivity index (χ2n) is 5.04. The van der Waals surface area contributed by atoms with Gasteiger partial charge in [0.1, 0.15) is 22.0 Å². The number of rotatable bonds is 4. The molecule has 1 fully saturated rings. The molecule has 104 valence electrons. The summed E-state index contributed by atoms with van der Waals surface area (Å²) in [7, 11) is 1.67. The molecule has 1 aliphatic rings. The topological polar surface area (TPSA) is 47.0 Å². The molecule has 1 aliphatic carbocycles. The molecule has 1 aromatic carbocycles. The van der Waals surface area contributed by atoms with Gasteiger partial charge < -0.3 is 10.1 Å². The van der Waals surface area contributed by atoms with Crippen LogP contribution >= 0.6 is 15.9 Å². The Bertz CT molecular complexity index is 641. The van der Waals surface area contributed by atoms with Crippen LogP contribution in [0.15, 0.2) is 28.9 Å². The first-order chi connectivity index (χ1) is 9.65. The molecule has 0 spiro atoms. The third-order valence-corrected chi connectivity index (χ3v) is 3.68. The molecular formula is C15H16BrN3O. The summed E-state index contributed by atoms with van der Waals surface area (Å²) in [5.41, 5.74) is 2.09. The van der Waals surface area contributed by atoms with Crippen molar-refractivity contribution in [3.63, 3.8) is 0 Å². The standard InChI is InChI=1S/C15H16BrN3O/c1-9-3-6-12(20-2)11(7-9)17-14-8-13(16)18-15(19-14)10-4-5-10/h3,6-8,10H,4-5H2,1-2H3,(H,17,18,19). The van der Waals surface area contributed by atoms with Gasteiger partial charge in [0.2, 0.25) is 0 Å². The first-order valence-corrected chi connectivity index (χ1v) is 7.41. The zero-order valence-corrected chi connectivity index (χ0v) is 13.1. The number of hydrogen-bond donors (Lipinski definition) is 1. The molecule has 1 saturated carbocycles. The fraction of sp³-hybridized carbons (Fsp3) is 0.333. The summed E-state index contributed by atoms with van der Waals surface area (Å²) in [6, 6.07) is 7.91. The Kier molecular flexibility index (Phi) is 3.61. The van der Waals surface area contributed by atoms with Gasteiger partial charge in [-0.15, -0.1) is 0 Å². The van der Waals surface area contributed by atoms with Gasteiger partial charge >= 0.3 is 0 Å². The van der Waals surface area contributed by atoms with Crippen molar-refractivity contribution in [2.24, 2.45) is 0 Å². The normalized spacial score (nSPS) is 14.2. The Balaban J connectivity index is 1.92. The summed E-state index contributed by atoms with van der Waals surface area (Å²) in [6.45, 7) is 2.05. The van der Waals surface area contributed by atoms with E-state index in [1.807, 2.05) is 24.3 Å². The number of benzene rings is 1. The van der Waals surface area contributed by atoms with Crippen molar-refractivity contribution in [2.45, 2.75) is 25.7 Å². The maximum absolute atomic E-state index is 5.38. The van der Waals surface area contributed by atoms with Gasteiger partial charge in [0.05, 0.1) is 12.8 Å². The average Bonchev–Trinajstić information content (AvgIpc) is 3.22. The van der Waals surface area contributed by atoms with Crippen molar-refractivity contribution in [2.75, 3.05) is 12.4 Å². The van der Waals surface area contributed by atoms with Crippen LogP contribution < -0.4 is 10.1 Å². The number of anilines is 2. The molecule has 1 aromatic heterocycles. The van der Waals surface area contributed by atoms with Crippen molar-refractivity contribution in [1.29, 1.82) is 0 Å². The van der Waals surface area contributed by atoms with Gasteiger partial charge in [-0.1, -0.05) is 6.07 Å². The number of halogens is 1. The lowest BCUT2D eigenvalue weighted by molar-refractivity contribution is 0.416. The molecule has 3 rings (SSSR count). The van der Waals surface area contributed by atoms with Gasteiger partial charge in [-0.05, 0) is 53.4 Å². The highest BCUT2D eigenvalue weighted by atomic mass is 79.9. The predicted molar refractivity (Wildman–Crippen MR) is 82.7 cm³/mol. The number of aryl methyl sites for hydroxylation is 1. The van der Waals surface area contributed by atoms with Crippen LogP contribution in [-0.4, -0.2) is 17.1 Å². The Morgan fingerprint density at radius 1 is 1.25 bits per heavy atom. The summed E-state index contributed by atoms with van der Waals surface area (Å²) in [5.74, 6) is 3.02. The third-order valence-electron chi connectivity index (χ3n) is 3.27. The lowest BCUT2D eigenvalue weighted by atomic mass is 10.2. The van der Waals surface area contributed by atoms with Crippen molar-refractivity contribution in [3.8, 4) is 5.75 Å². The van der Waals surface area contributed by atoms with E-state index in [2.05, 4.69) is 38.1 Å². The van der Waals surface area contributed by atoms with E-state index >= 15 is 0 Å². The van der Waals surface area contributed by atoms with E-state index in [1.54, 1.807) is 7.11 Å². The number of methoxy groups -OCH3 is 1. The fourth-order valence-corrected chi connectivity index (χ4v) is 2.48. The van der Waals surface area contributed by atoms with Crippen LogP contribution in [0.25, 0.3) is 0 Å². The second-order valence-corrected chi connectivity index (χ2v) is 5.85. The molecule has 0 amide bonds. The highest BCUT2D eigenvalue weighted by Gasteiger charge is 2.27. The van der Waals surface area contributed by atoms with Crippen LogP contribution in [0.1, 0.15) is 30.1 Å². The Labute approximate surface area is 126 Å². The van der Waals surface area contributed by atoms with Crippen LogP contribution in [0, 0.1) is 6.92 Å². The number of ether oxygens (including phenoxy) is 1. The molecule has 2 aromatic rings. The van der Waals surface area contributed by atoms with E-state index in [4.69, 9.17) is 4.74 Å². The Hall–Kier alpha value is -1.62. The minimum Gasteiger partial charge on any atom is -0.495 e. The minimum atomic E-state index is 0.521. The summed E-state index contributed by atoms with van der Waals surface area (Å²) in [5, 5.41) is 3.32. The van der Waals surface area contributed by atoms with Crippen molar-refractivity contribution in [1.82, 2.24) is 9.97 Å². The first-order valence-electron chi connectivity index (χ1n) is 6.62. The maximum Gasteiger partial charge on any atom is 0.142 e. The van der Waals surface area contributed by atoms with E-state index in [-0.39, 0.29) is 0 Å². The lowest BCUT2D eigenvalue weighted by Gasteiger charge is -2.12. The number of aromatic nitrogens is 2. The van der Waals surface area contributed by atoms with E-state index < -0.39 is 0 Å². The smallest absolute Gasteiger partial charge is 0.142 e. The van der Waals surface area contributed by atoms with Crippen LogP contribution in [0.4, 0.5) is 11.5 Å². The minimum absolute atomic E-state index is 0.521. The molecule has 4 nitrogen and oxygen atoms in total. The maximum atomic E-state index is 5.38. The van der Waals surface area contributed by atoms with Crippen LogP contribution in [-0.2, 0) is 0 Å². The molecule has 0 unspecified atom stereocenters. The monoisotopic (exact) mass is 333 g/mol. The van der Waals surface area contributed by atoms with Gasteiger partial charge in [-0.3, -0.25) is 0 Å². The van der Waals surface area contributed by atoms with Gasteiger partial charge in [0, 0.05) is 12.0 Å². The summed E-state index contributed by atoms with van der Waals surface area (Å²) in [4.78, 5) is 9.02. The largest absolute Gasteiger partial charge is 0.495 e. The van der Waals surface area contributed by atoms with Crippen molar-refractivity contribution in [3.05, 3.63) is 40.3 Å². The molecule has 20 heavy (non-hydrogen) atoms. The zero-order chi connectivity index (χ0) is 14.1. The Morgan fingerprint density at radius 3 is 2.75 bits per heavy atom. The molecule has 1 N–H and O–H groups in total. The fourth-order valence-electron chi connectivity index (χ4n) is 2.08. The quantitative estimate of drug-likeness (QED) is 0.852. The summed E-state index contributed by atoms with van der Waals surface area (Å²) in [6.07, 6.45) is 2.37. The lowest BCUT2D eigenvalue weighted by Crippen LogP contribution is -2.01.